The first-order chi connectivity index (χ1) is 12.7. The van der Waals surface area contributed by atoms with Crippen molar-refractivity contribution in [1.82, 2.24) is 15.0 Å². The van der Waals surface area contributed by atoms with Crippen LogP contribution in [-0.2, 0) is 6.42 Å². The first-order valence-corrected chi connectivity index (χ1v) is 8.95. The number of hydrogen-bond acceptors (Lipinski definition) is 6. The van der Waals surface area contributed by atoms with E-state index >= 15 is 0 Å². The van der Waals surface area contributed by atoms with E-state index in [-0.39, 0.29) is 12.1 Å². The molecule has 8 nitrogen and oxygen atoms in total. The summed E-state index contributed by atoms with van der Waals surface area (Å²) < 4.78 is 16.1. The number of urea groups is 1. The van der Waals surface area contributed by atoms with Crippen molar-refractivity contribution in [3.63, 3.8) is 0 Å². The molecular formula is C18H22N4O4. The Balaban J connectivity index is 1.37. The van der Waals surface area contributed by atoms with Gasteiger partial charge >= 0.3 is 6.03 Å². The molecule has 138 valence electrons. The zero-order valence-electron chi connectivity index (χ0n) is 14.7. The van der Waals surface area contributed by atoms with Gasteiger partial charge < -0.3 is 24.2 Å². The summed E-state index contributed by atoms with van der Waals surface area (Å²) in [6.07, 6.45) is 3.53. The van der Waals surface area contributed by atoms with Crippen LogP contribution in [0.3, 0.4) is 0 Å². The number of aryl methyl sites for hydroxylation is 2. The number of carbonyl (C=O) groups is 1. The molecule has 2 aliphatic heterocycles. The molecule has 1 N–H and O–H groups in total. The van der Waals surface area contributed by atoms with Gasteiger partial charge in [-0.1, -0.05) is 5.16 Å². The van der Waals surface area contributed by atoms with E-state index in [0.717, 1.165) is 25.8 Å². The molecule has 26 heavy (non-hydrogen) atoms. The van der Waals surface area contributed by atoms with Crippen LogP contribution in [0.1, 0.15) is 31.0 Å². The Morgan fingerprint density at radius 1 is 1.31 bits per heavy atom. The van der Waals surface area contributed by atoms with Crippen molar-refractivity contribution in [1.29, 1.82) is 0 Å². The van der Waals surface area contributed by atoms with Gasteiger partial charge in [-0.3, -0.25) is 0 Å². The van der Waals surface area contributed by atoms with Crippen LogP contribution in [0.5, 0.6) is 11.5 Å². The molecule has 1 aromatic heterocycles. The number of nitrogens with zero attached hydrogens (tertiary/aromatic N) is 3. The van der Waals surface area contributed by atoms with Gasteiger partial charge in [-0.05, 0) is 31.4 Å². The SMILES string of the molecule is Cc1nc(CCC2CCCN2C(=O)Nc2ccc3c(c2)OCCO3)no1. The third-order valence-corrected chi connectivity index (χ3v) is 4.70. The first-order valence-electron chi connectivity index (χ1n) is 8.95. The Morgan fingerprint density at radius 2 is 2.15 bits per heavy atom. The van der Waals surface area contributed by atoms with E-state index in [2.05, 4.69) is 15.5 Å². The van der Waals surface area contributed by atoms with Gasteiger partial charge in [-0.2, -0.15) is 4.98 Å². The molecule has 2 aromatic rings. The van der Waals surface area contributed by atoms with Crippen LogP contribution in [-0.4, -0.2) is 46.9 Å². The van der Waals surface area contributed by atoms with Gasteiger partial charge in [-0.25, -0.2) is 4.79 Å². The third kappa shape index (κ3) is 3.58. The van der Waals surface area contributed by atoms with Crippen LogP contribution in [0.2, 0.25) is 0 Å². The van der Waals surface area contributed by atoms with Gasteiger partial charge in [0.15, 0.2) is 17.3 Å². The molecule has 3 heterocycles. The topological polar surface area (TPSA) is 89.7 Å². The number of benzene rings is 1. The molecule has 1 aromatic carbocycles. The number of anilines is 1. The van der Waals surface area contributed by atoms with E-state index in [0.29, 0.717) is 48.5 Å². The highest BCUT2D eigenvalue weighted by atomic mass is 16.6. The molecule has 0 aliphatic carbocycles. The van der Waals surface area contributed by atoms with Crippen molar-refractivity contribution < 1.29 is 18.8 Å². The summed E-state index contributed by atoms with van der Waals surface area (Å²) >= 11 is 0. The Labute approximate surface area is 151 Å². The molecule has 0 bridgehead atoms. The fourth-order valence-electron chi connectivity index (χ4n) is 3.46. The number of rotatable bonds is 4. The smallest absolute Gasteiger partial charge is 0.322 e. The lowest BCUT2D eigenvalue weighted by atomic mass is 10.1. The molecule has 1 saturated heterocycles. The average Bonchev–Trinajstić information content (AvgIpc) is 3.28. The van der Waals surface area contributed by atoms with E-state index in [4.69, 9.17) is 14.0 Å². The molecule has 1 fully saturated rings. The van der Waals surface area contributed by atoms with Crippen molar-refractivity contribution >= 4 is 11.7 Å². The summed E-state index contributed by atoms with van der Waals surface area (Å²) in [7, 11) is 0. The maximum absolute atomic E-state index is 12.7. The van der Waals surface area contributed by atoms with Gasteiger partial charge in [0, 0.05) is 37.7 Å². The van der Waals surface area contributed by atoms with Gasteiger partial charge in [0.2, 0.25) is 5.89 Å². The molecular weight excluding hydrogens is 336 g/mol. The maximum Gasteiger partial charge on any atom is 0.322 e. The number of hydrogen-bond donors (Lipinski definition) is 1. The van der Waals surface area contributed by atoms with E-state index in [9.17, 15) is 4.79 Å². The van der Waals surface area contributed by atoms with Gasteiger partial charge in [-0.15, -0.1) is 0 Å². The standard InChI is InChI=1S/C18H22N4O4/c1-12-19-17(21-26-12)7-5-14-3-2-8-22(14)18(23)20-13-4-6-15-16(11-13)25-10-9-24-15/h4,6,11,14H,2-3,5,7-10H2,1H3,(H,20,23). The van der Waals surface area contributed by atoms with E-state index in [1.165, 1.54) is 0 Å². The number of nitrogens with one attached hydrogen (secondary N) is 1. The molecule has 2 aliphatic rings. The van der Waals surface area contributed by atoms with Crippen molar-refractivity contribution in [3.05, 3.63) is 29.9 Å². The lowest BCUT2D eigenvalue weighted by Crippen LogP contribution is -2.39. The molecule has 0 saturated carbocycles. The van der Waals surface area contributed by atoms with E-state index < -0.39 is 0 Å². The number of carbonyl (C=O) groups excluding carboxylic acids is 1. The van der Waals surface area contributed by atoms with Crippen LogP contribution in [0.15, 0.2) is 22.7 Å². The molecule has 0 radical (unpaired) electrons. The summed E-state index contributed by atoms with van der Waals surface area (Å²) in [5.41, 5.74) is 0.707. The van der Waals surface area contributed by atoms with Crippen LogP contribution in [0, 0.1) is 6.92 Å². The monoisotopic (exact) mass is 358 g/mol. The zero-order valence-corrected chi connectivity index (χ0v) is 14.7. The Kier molecular flexibility index (Phi) is 4.64. The third-order valence-electron chi connectivity index (χ3n) is 4.70. The van der Waals surface area contributed by atoms with Gasteiger partial charge in [0.05, 0.1) is 0 Å². The number of fused-ring (bicyclic) bond motifs is 1. The molecule has 1 unspecified atom stereocenters. The Hall–Kier alpha value is -2.77. The highest BCUT2D eigenvalue weighted by Crippen LogP contribution is 2.33. The minimum absolute atomic E-state index is 0.0894. The molecule has 0 spiro atoms. The first kappa shape index (κ1) is 16.7. The average molecular weight is 358 g/mol. The lowest BCUT2D eigenvalue weighted by Gasteiger charge is -2.25. The normalized spacial score (nSPS) is 18.8. The number of ether oxygens (including phenoxy) is 2. The minimum atomic E-state index is -0.0894. The Bertz CT molecular complexity index is 791. The second-order valence-electron chi connectivity index (χ2n) is 6.55. The van der Waals surface area contributed by atoms with Crippen LogP contribution in [0.4, 0.5) is 10.5 Å². The quantitative estimate of drug-likeness (QED) is 0.904. The summed E-state index contributed by atoms with van der Waals surface area (Å²) in [6, 6.07) is 5.56. The largest absolute Gasteiger partial charge is 0.486 e. The summed E-state index contributed by atoms with van der Waals surface area (Å²) in [6.45, 7) is 3.60. The molecule has 8 heteroatoms. The van der Waals surface area contributed by atoms with Gasteiger partial charge in [0.25, 0.3) is 0 Å². The van der Waals surface area contributed by atoms with Crippen LogP contribution < -0.4 is 14.8 Å². The fraction of sp³-hybridized carbons (Fsp3) is 0.500. The van der Waals surface area contributed by atoms with Crippen LogP contribution in [0.25, 0.3) is 0 Å². The number of aromatic nitrogens is 2. The van der Waals surface area contributed by atoms with Crippen molar-refractivity contribution in [2.45, 2.75) is 38.6 Å². The highest BCUT2D eigenvalue weighted by Gasteiger charge is 2.29. The van der Waals surface area contributed by atoms with E-state index in [1.807, 2.05) is 17.0 Å². The lowest BCUT2D eigenvalue weighted by molar-refractivity contribution is 0.171. The molecule has 4 rings (SSSR count). The second kappa shape index (κ2) is 7.23. The maximum atomic E-state index is 12.7. The van der Waals surface area contributed by atoms with Crippen LogP contribution >= 0.6 is 0 Å². The predicted octanol–water partition coefficient (Wildman–Crippen LogP) is 2.78. The highest BCUT2D eigenvalue weighted by molar-refractivity contribution is 5.90. The minimum Gasteiger partial charge on any atom is -0.486 e. The summed E-state index contributed by atoms with van der Waals surface area (Å²) in [5, 5.41) is 6.89. The van der Waals surface area contributed by atoms with Gasteiger partial charge in [0.1, 0.15) is 13.2 Å². The van der Waals surface area contributed by atoms with Crippen molar-refractivity contribution in [3.8, 4) is 11.5 Å². The second-order valence-corrected chi connectivity index (χ2v) is 6.55. The Morgan fingerprint density at radius 3 is 2.96 bits per heavy atom. The predicted molar refractivity (Wildman–Crippen MR) is 93.5 cm³/mol. The van der Waals surface area contributed by atoms with Crippen molar-refractivity contribution in [2.75, 3.05) is 25.1 Å². The summed E-state index contributed by atoms with van der Waals surface area (Å²) in [5.74, 6) is 2.64. The molecule has 2 amide bonds. The summed E-state index contributed by atoms with van der Waals surface area (Å²) in [4.78, 5) is 18.8. The molecule has 1 atom stereocenters. The van der Waals surface area contributed by atoms with Crippen molar-refractivity contribution in [2.24, 2.45) is 0 Å². The van der Waals surface area contributed by atoms with E-state index in [1.54, 1.807) is 13.0 Å². The fourth-order valence-corrected chi connectivity index (χ4v) is 3.46. The number of amides is 2. The number of likely N-dealkylation sites (tertiary alicyclic amines) is 1. The zero-order chi connectivity index (χ0) is 17.9.